The Morgan fingerprint density at radius 3 is 2.70 bits per heavy atom. The van der Waals surface area contributed by atoms with Crippen molar-refractivity contribution in [2.45, 2.75) is 6.92 Å². The van der Waals surface area contributed by atoms with Crippen LogP contribution in [0.3, 0.4) is 0 Å². The smallest absolute Gasteiger partial charge is 0.272 e. The molecule has 1 aromatic carbocycles. The molecule has 1 heterocycles. The van der Waals surface area contributed by atoms with Gasteiger partial charge in [-0.2, -0.15) is 0 Å². The van der Waals surface area contributed by atoms with E-state index in [4.69, 9.17) is 4.74 Å². The van der Waals surface area contributed by atoms with Crippen molar-refractivity contribution in [1.29, 1.82) is 0 Å². The second-order valence-corrected chi connectivity index (χ2v) is 4.81. The number of benzene rings is 1. The molecule has 1 aromatic heterocycles. The zero-order valence-corrected chi connectivity index (χ0v) is 13.2. The van der Waals surface area contributed by atoms with Crippen molar-refractivity contribution in [2.24, 2.45) is 0 Å². The fourth-order valence-electron chi connectivity index (χ4n) is 2.05. The number of aromatic nitrogens is 1. The van der Waals surface area contributed by atoms with Crippen molar-refractivity contribution in [3.05, 3.63) is 54.4 Å². The molecule has 0 aliphatic rings. The van der Waals surface area contributed by atoms with E-state index in [9.17, 15) is 9.59 Å². The number of hydrogen-bond donors (Lipinski definition) is 1. The lowest BCUT2D eigenvalue weighted by Crippen LogP contribution is -2.38. The summed E-state index contributed by atoms with van der Waals surface area (Å²) in [6, 6.07) is 12.2. The summed E-state index contributed by atoms with van der Waals surface area (Å²) in [5.41, 5.74) is 0.944. The van der Waals surface area contributed by atoms with Crippen LogP contribution in [0.4, 0.5) is 5.69 Å². The van der Waals surface area contributed by atoms with Crippen LogP contribution in [-0.4, -0.2) is 41.9 Å². The molecule has 0 saturated carbocycles. The number of pyridine rings is 1. The molecule has 0 unspecified atom stereocenters. The number of nitrogens with zero attached hydrogens (tertiary/aromatic N) is 2. The summed E-state index contributed by atoms with van der Waals surface area (Å²) in [4.78, 5) is 29.9. The predicted molar refractivity (Wildman–Crippen MR) is 87.4 cm³/mol. The molecule has 0 aliphatic heterocycles. The number of nitrogens with one attached hydrogen (secondary N) is 1. The van der Waals surface area contributed by atoms with Crippen LogP contribution in [0.25, 0.3) is 0 Å². The molecule has 0 aliphatic carbocycles. The van der Waals surface area contributed by atoms with Crippen molar-refractivity contribution in [3.63, 3.8) is 0 Å². The van der Waals surface area contributed by atoms with E-state index in [0.717, 1.165) is 0 Å². The second-order valence-electron chi connectivity index (χ2n) is 4.81. The largest absolute Gasteiger partial charge is 0.497 e. The van der Waals surface area contributed by atoms with E-state index in [1.807, 2.05) is 6.92 Å². The van der Waals surface area contributed by atoms with Crippen LogP contribution in [0.15, 0.2) is 48.7 Å². The monoisotopic (exact) mass is 313 g/mol. The number of anilines is 1. The highest BCUT2D eigenvalue weighted by Gasteiger charge is 2.18. The van der Waals surface area contributed by atoms with E-state index in [1.54, 1.807) is 55.8 Å². The third kappa shape index (κ3) is 4.54. The van der Waals surface area contributed by atoms with Crippen molar-refractivity contribution in [1.82, 2.24) is 9.88 Å². The van der Waals surface area contributed by atoms with E-state index in [-0.39, 0.29) is 18.4 Å². The van der Waals surface area contributed by atoms with Crippen LogP contribution < -0.4 is 10.1 Å². The normalized spacial score (nSPS) is 10.0. The molecule has 2 amide bonds. The van der Waals surface area contributed by atoms with Crippen molar-refractivity contribution in [3.8, 4) is 5.75 Å². The summed E-state index contributed by atoms with van der Waals surface area (Å²) in [6.45, 7) is 2.20. The molecule has 120 valence electrons. The number of hydrogen-bond acceptors (Lipinski definition) is 4. The Morgan fingerprint density at radius 1 is 1.22 bits per heavy atom. The van der Waals surface area contributed by atoms with E-state index in [2.05, 4.69) is 10.3 Å². The van der Waals surface area contributed by atoms with Gasteiger partial charge in [0.15, 0.2) is 0 Å². The minimum absolute atomic E-state index is 0.0386. The Balaban J connectivity index is 2.00. The molecule has 0 radical (unpaired) electrons. The number of methoxy groups -OCH3 is 1. The van der Waals surface area contributed by atoms with E-state index >= 15 is 0 Å². The summed E-state index contributed by atoms with van der Waals surface area (Å²) in [5, 5.41) is 2.75. The van der Waals surface area contributed by atoms with Crippen LogP contribution in [0, 0.1) is 0 Å². The first kappa shape index (κ1) is 16.5. The summed E-state index contributed by atoms with van der Waals surface area (Å²) in [5.74, 6) is 0.109. The molecule has 0 fully saturated rings. The summed E-state index contributed by atoms with van der Waals surface area (Å²) < 4.78 is 5.11. The Hall–Kier alpha value is -2.89. The number of likely N-dealkylation sites (N-methyl/N-ethyl adjacent to an activating group) is 1. The van der Waals surface area contributed by atoms with Crippen molar-refractivity contribution >= 4 is 17.5 Å². The molecule has 1 N–H and O–H groups in total. The molecule has 6 heteroatoms. The van der Waals surface area contributed by atoms with E-state index in [0.29, 0.717) is 23.7 Å². The van der Waals surface area contributed by atoms with Gasteiger partial charge in [-0.3, -0.25) is 14.6 Å². The van der Waals surface area contributed by atoms with Gasteiger partial charge in [0.1, 0.15) is 18.0 Å². The van der Waals surface area contributed by atoms with Crippen LogP contribution in [-0.2, 0) is 4.79 Å². The minimum atomic E-state index is -0.274. The van der Waals surface area contributed by atoms with Crippen molar-refractivity contribution in [2.75, 3.05) is 25.5 Å². The molecule has 2 aromatic rings. The SMILES string of the molecule is CCN(CC(=O)Nc1cccc(OC)c1)C(=O)c1ccccn1. The van der Waals surface area contributed by atoms with E-state index in [1.165, 1.54) is 4.90 Å². The first-order valence-electron chi connectivity index (χ1n) is 7.28. The number of amides is 2. The van der Waals surface area contributed by atoms with Gasteiger partial charge in [-0.05, 0) is 31.2 Å². The topological polar surface area (TPSA) is 71.5 Å². The average Bonchev–Trinajstić information content (AvgIpc) is 2.60. The van der Waals surface area contributed by atoms with Gasteiger partial charge in [0.05, 0.1) is 7.11 Å². The average molecular weight is 313 g/mol. The summed E-state index contributed by atoms with van der Waals surface area (Å²) in [6.07, 6.45) is 1.55. The molecule has 23 heavy (non-hydrogen) atoms. The van der Waals surface area contributed by atoms with Crippen molar-refractivity contribution < 1.29 is 14.3 Å². The van der Waals surface area contributed by atoms with Crippen LogP contribution in [0.1, 0.15) is 17.4 Å². The summed E-state index contributed by atoms with van der Waals surface area (Å²) in [7, 11) is 1.56. The highest BCUT2D eigenvalue weighted by Crippen LogP contribution is 2.16. The third-order valence-electron chi connectivity index (χ3n) is 3.24. The second kappa shape index (κ2) is 7.93. The van der Waals surface area contributed by atoms with Gasteiger partial charge in [0, 0.05) is 24.5 Å². The molecule has 0 bridgehead atoms. The van der Waals surface area contributed by atoms with Gasteiger partial charge in [0.2, 0.25) is 5.91 Å². The number of ether oxygens (including phenoxy) is 1. The fraction of sp³-hybridized carbons (Fsp3) is 0.235. The quantitative estimate of drug-likeness (QED) is 0.887. The Morgan fingerprint density at radius 2 is 2.04 bits per heavy atom. The van der Waals surface area contributed by atoms with Gasteiger partial charge in [0.25, 0.3) is 5.91 Å². The standard InChI is InChI=1S/C17H19N3O3/c1-3-20(17(22)15-9-4-5-10-18-15)12-16(21)19-13-7-6-8-14(11-13)23-2/h4-11H,3,12H2,1-2H3,(H,19,21). The summed E-state index contributed by atoms with van der Waals surface area (Å²) >= 11 is 0. The van der Waals surface area contributed by atoms with E-state index < -0.39 is 0 Å². The lowest BCUT2D eigenvalue weighted by atomic mass is 10.3. The maximum absolute atomic E-state index is 12.3. The fourth-order valence-corrected chi connectivity index (χ4v) is 2.05. The molecular formula is C17H19N3O3. The Kier molecular flexibility index (Phi) is 5.68. The molecule has 0 saturated heterocycles. The molecule has 0 atom stereocenters. The number of rotatable bonds is 6. The number of carbonyl (C=O) groups is 2. The zero-order chi connectivity index (χ0) is 16.7. The van der Waals surface area contributed by atoms with Gasteiger partial charge in [-0.25, -0.2) is 0 Å². The lowest BCUT2D eigenvalue weighted by Gasteiger charge is -2.20. The Labute approximate surface area is 135 Å². The predicted octanol–water partition coefficient (Wildman–Crippen LogP) is 2.19. The molecule has 2 rings (SSSR count). The van der Waals surface area contributed by atoms with Crippen LogP contribution >= 0.6 is 0 Å². The minimum Gasteiger partial charge on any atom is -0.497 e. The first-order chi connectivity index (χ1) is 11.1. The molecule has 0 spiro atoms. The van der Waals surface area contributed by atoms with Gasteiger partial charge in [-0.1, -0.05) is 12.1 Å². The number of carbonyl (C=O) groups excluding carboxylic acids is 2. The highest BCUT2D eigenvalue weighted by atomic mass is 16.5. The first-order valence-corrected chi connectivity index (χ1v) is 7.28. The van der Waals surface area contributed by atoms with Gasteiger partial charge < -0.3 is 15.0 Å². The highest BCUT2D eigenvalue weighted by molar-refractivity contribution is 5.98. The maximum Gasteiger partial charge on any atom is 0.272 e. The van der Waals surface area contributed by atoms with Crippen LogP contribution in [0.5, 0.6) is 5.75 Å². The maximum atomic E-state index is 12.3. The molecule has 6 nitrogen and oxygen atoms in total. The lowest BCUT2D eigenvalue weighted by molar-refractivity contribution is -0.116. The van der Waals surface area contributed by atoms with Crippen LogP contribution in [0.2, 0.25) is 0 Å². The molecular weight excluding hydrogens is 294 g/mol. The van der Waals surface area contributed by atoms with Gasteiger partial charge in [-0.15, -0.1) is 0 Å². The third-order valence-corrected chi connectivity index (χ3v) is 3.24. The van der Waals surface area contributed by atoms with Gasteiger partial charge >= 0.3 is 0 Å². The zero-order valence-electron chi connectivity index (χ0n) is 13.2. The Bertz CT molecular complexity index is 674.